The molecule has 5 aliphatic rings. The van der Waals surface area contributed by atoms with Crippen LogP contribution in [-0.4, -0.2) is 21.4 Å². The van der Waals surface area contributed by atoms with Crippen LogP contribution in [0.3, 0.4) is 0 Å². The van der Waals surface area contributed by atoms with Gasteiger partial charge < -0.3 is 0 Å². The van der Waals surface area contributed by atoms with Crippen molar-refractivity contribution in [3.8, 4) is 5.69 Å². The second kappa shape index (κ2) is 9.16. The van der Waals surface area contributed by atoms with Crippen LogP contribution in [0.5, 0.6) is 0 Å². The van der Waals surface area contributed by atoms with Crippen molar-refractivity contribution in [2.75, 3.05) is 5.01 Å². The maximum Gasteiger partial charge on any atom is 0.281 e. The van der Waals surface area contributed by atoms with E-state index in [2.05, 4.69) is 36.5 Å². The highest BCUT2D eigenvalue weighted by Gasteiger charge is 2.53. The second-order valence-corrected chi connectivity index (χ2v) is 12.2. The van der Waals surface area contributed by atoms with Crippen molar-refractivity contribution in [1.29, 1.82) is 0 Å². The quantitative estimate of drug-likeness (QED) is 0.260. The van der Waals surface area contributed by atoms with Crippen molar-refractivity contribution in [3.05, 3.63) is 120 Å². The Morgan fingerprint density at radius 1 is 0.725 bits per heavy atom. The minimum absolute atomic E-state index is 0.0893. The summed E-state index contributed by atoms with van der Waals surface area (Å²) in [5, 5.41) is 11.7. The van der Waals surface area contributed by atoms with E-state index in [0.717, 1.165) is 40.3 Å². The third-order valence-electron chi connectivity index (χ3n) is 9.53. The van der Waals surface area contributed by atoms with Gasteiger partial charge in [0.15, 0.2) is 0 Å². The molecular formula is C35H32N4O. The van der Waals surface area contributed by atoms with E-state index in [1.807, 2.05) is 71.4 Å². The van der Waals surface area contributed by atoms with Crippen LogP contribution < -0.4 is 5.01 Å². The van der Waals surface area contributed by atoms with Crippen molar-refractivity contribution in [3.63, 3.8) is 0 Å². The van der Waals surface area contributed by atoms with E-state index in [9.17, 15) is 4.79 Å². The molecule has 198 valence electrons. The van der Waals surface area contributed by atoms with Gasteiger partial charge >= 0.3 is 0 Å². The van der Waals surface area contributed by atoms with E-state index in [0.29, 0.717) is 11.3 Å². The molecule has 0 saturated heterocycles. The highest BCUT2D eigenvalue weighted by atomic mass is 16.2. The van der Waals surface area contributed by atoms with Crippen LogP contribution in [0, 0.1) is 17.8 Å². The number of nitrogens with zero attached hydrogens (tertiary/aromatic N) is 4. The van der Waals surface area contributed by atoms with Crippen molar-refractivity contribution >= 4 is 23.4 Å². The third kappa shape index (κ3) is 3.87. The van der Waals surface area contributed by atoms with E-state index in [1.54, 1.807) is 5.01 Å². The molecule has 1 aromatic heterocycles. The number of hydrogen-bond acceptors (Lipinski definition) is 3. The molecule has 2 heterocycles. The molecule has 40 heavy (non-hydrogen) atoms. The highest BCUT2D eigenvalue weighted by molar-refractivity contribution is 6.37. The zero-order valence-electron chi connectivity index (χ0n) is 22.5. The normalized spacial score (nSPS) is 27.9. The van der Waals surface area contributed by atoms with Crippen LogP contribution in [0.4, 0.5) is 5.69 Å². The summed E-state index contributed by atoms with van der Waals surface area (Å²) in [5.74, 6) is 2.30. The lowest BCUT2D eigenvalue weighted by Gasteiger charge is -2.56. The van der Waals surface area contributed by atoms with Gasteiger partial charge in [0.2, 0.25) is 0 Å². The van der Waals surface area contributed by atoms with Gasteiger partial charge in [0.05, 0.1) is 22.6 Å². The second-order valence-electron chi connectivity index (χ2n) is 12.2. The molecule has 0 atom stereocenters. The Kier molecular flexibility index (Phi) is 5.41. The summed E-state index contributed by atoms with van der Waals surface area (Å²) in [5.41, 5.74) is 6.38. The number of carbonyl (C=O) groups is 1. The standard InChI is InChI=1S/C35H32N4O/c40-34-31(32(27-10-4-1-5-11-27)36-39(34)30-14-8-3-9-15-30)19-28-23-38(29-12-6-2-7-13-29)37-33(28)35-20-24-16-25(21-35)18-26(17-24)22-35/h1-15,19,23-26H,16-18,20-22H2/b31-19-. The summed E-state index contributed by atoms with van der Waals surface area (Å²) in [7, 11) is 0. The molecule has 4 aliphatic carbocycles. The molecule has 5 heteroatoms. The molecule has 3 aromatic carbocycles. The predicted octanol–water partition coefficient (Wildman–Crippen LogP) is 7.17. The Labute approximate surface area is 234 Å². The maximum atomic E-state index is 14.0. The van der Waals surface area contributed by atoms with Gasteiger partial charge in [-0.2, -0.15) is 15.2 Å². The van der Waals surface area contributed by atoms with Gasteiger partial charge in [-0.1, -0.05) is 66.7 Å². The largest absolute Gasteiger partial charge is 0.281 e. The fraction of sp³-hybridized carbons (Fsp3) is 0.286. The summed E-state index contributed by atoms with van der Waals surface area (Å²) in [4.78, 5) is 14.0. The lowest BCUT2D eigenvalue weighted by molar-refractivity contribution is -0.114. The summed E-state index contributed by atoms with van der Waals surface area (Å²) in [6.45, 7) is 0. The average Bonchev–Trinajstić information content (AvgIpc) is 3.56. The topological polar surface area (TPSA) is 50.5 Å². The van der Waals surface area contributed by atoms with Crippen molar-refractivity contribution in [2.24, 2.45) is 22.9 Å². The van der Waals surface area contributed by atoms with Gasteiger partial charge in [0.1, 0.15) is 5.71 Å². The summed E-state index contributed by atoms with van der Waals surface area (Å²) >= 11 is 0. The first kappa shape index (κ1) is 23.6. The van der Waals surface area contributed by atoms with E-state index in [4.69, 9.17) is 10.2 Å². The van der Waals surface area contributed by atoms with Gasteiger partial charge in [-0.3, -0.25) is 4.79 Å². The van der Waals surface area contributed by atoms with Crippen LogP contribution in [0.15, 0.2) is 108 Å². The molecule has 4 saturated carbocycles. The smallest absolute Gasteiger partial charge is 0.267 e. The molecule has 1 aliphatic heterocycles. The van der Waals surface area contributed by atoms with E-state index < -0.39 is 0 Å². The number of para-hydroxylation sites is 2. The van der Waals surface area contributed by atoms with Crippen LogP contribution in [0.25, 0.3) is 11.8 Å². The molecule has 0 unspecified atom stereocenters. The summed E-state index contributed by atoms with van der Waals surface area (Å²) < 4.78 is 2.02. The Morgan fingerprint density at radius 2 is 1.27 bits per heavy atom. The zero-order valence-corrected chi connectivity index (χ0v) is 22.5. The van der Waals surface area contributed by atoms with Crippen molar-refractivity contribution in [2.45, 2.75) is 43.9 Å². The number of hydrogen-bond donors (Lipinski definition) is 0. The number of aromatic nitrogens is 2. The number of amides is 1. The number of benzene rings is 3. The highest BCUT2D eigenvalue weighted by Crippen LogP contribution is 2.61. The lowest BCUT2D eigenvalue weighted by Crippen LogP contribution is -2.49. The molecular weight excluding hydrogens is 492 g/mol. The first-order chi connectivity index (χ1) is 19.6. The number of carbonyl (C=O) groups excluding carboxylic acids is 1. The minimum atomic E-state index is -0.103. The van der Waals surface area contributed by atoms with Crippen LogP contribution in [0.2, 0.25) is 0 Å². The molecule has 4 bridgehead atoms. The van der Waals surface area contributed by atoms with Gasteiger partial charge in [-0.15, -0.1) is 0 Å². The molecule has 4 aromatic rings. The van der Waals surface area contributed by atoms with Gasteiger partial charge in [0.25, 0.3) is 5.91 Å². The number of anilines is 1. The maximum absolute atomic E-state index is 14.0. The fourth-order valence-corrected chi connectivity index (χ4v) is 8.27. The number of rotatable bonds is 5. The molecule has 1 amide bonds. The Morgan fingerprint density at radius 3 is 1.88 bits per heavy atom. The summed E-state index contributed by atoms with van der Waals surface area (Å²) in [6, 6.07) is 30.1. The fourth-order valence-electron chi connectivity index (χ4n) is 8.27. The third-order valence-corrected chi connectivity index (χ3v) is 9.53. The molecule has 0 radical (unpaired) electrons. The SMILES string of the molecule is O=C1/C(=C\c2cn(-c3ccccc3)nc2C23CC4CC(CC(C4)C2)C3)C(c2ccccc2)=NN1c1ccccc1. The predicted molar refractivity (Wildman–Crippen MR) is 158 cm³/mol. The van der Waals surface area contributed by atoms with Crippen molar-refractivity contribution in [1.82, 2.24) is 9.78 Å². The van der Waals surface area contributed by atoms with Gasteiger partial charge in [-0.25, -0.2) is 4.68 Å². The first-order valence-electron chi connectivity index (χ1n) is 14.6. The zero-order chi connectivity index (χ0) is 26.7. The van der Waals surface area contributed by atoms with Gasteiger partial charge in [0, 0.05) is 22.7 Å². The van der Waals surface area contributed by atoms with Crippen LogP contribution in [0.1, 0.15) is 55.3 Å². The Bertz CT molecular complexity index is 1600. The van der Waals surface area contributed by atoms with E-state index >= 15 is 0 Å². The molecule has 0 spiro atoms. The van der Waals surface area contributed by atoms with Crippen LogP contribution >= 0.6 is 0 Å². The van der Waals surface area contributed by atoms with Crippen molar-refractivity contribution < 1.29 is 4.79 Å². The lowest BCUT2D eigenvalue weighted by atomic mass is 9.48. The monoisotopic (exact) mass is 524 g/mol. The number of hydrazone groups is 1. The molecule has 5 nitrogen and oxygen atoms in total. The molecule has 0 N–H and O–H groups in total. The Hall–Kier alpha value is -4.25. The average molecular weight is 525 g/mol. The first-order valence-corrected chi connectivity index (χ1v) is 14.6. The van der Waals surface area contributed by atoms with E-state index in [-0.39, 0.29) is 11.3 Å². The molecule has 9 rings (SSSR count). The summed E-state index contributed by atoms with van der Waals surface area (Å²) in [6.07, 6.45) is 12.0. The Balaban J connectivity index is 1.29. The van der Waals surface area contributed by atoms with E-state index in [1.165, 1.54) is 44.2 Å². The van der Waals surface area contributed by atoms with Gasteiger partial charge in [-0.05, 0) is 86.6 Å². The molecule has 4 fully saturated rings. The minimum Gasteiger partial charge on any atom is -0.267 e. The van der Waals surface area contributed by atoms with Crippen LogP contribution in [-0.2, 0) is 10.2 Å².